The number of aromatic carboxylic acids is 1. The molecule has 5 nitrogen and oxygen atoms in total. The molecular formula is C21H19NO4S. The van der Waals surface area contributed by atoms with Gasteiger partial charge >= 0.3 is 12.1 Å². The molecule has 1 amide bonds. The fourth-order valence-electron chi connectivity index (χ4n) is 2.83. The first-order valence-corrected chi connectivity index (χ1v) is 9.24. The SMILES string of the molecule is Cc1ccc(-c2csc(NC(=O)OCc3ccccc3)c2C(=O)O)c(C)c1. The van der Waals surface area contributed by atoms with Crippen LogP contribution in [0.15, 0.2) is 53.9 Å². The third-order valence-electron chi connectivity index (χ3n) is 4.11. The summed E-state index contributed by atoms with van der Waals surface area (Å²) in [5.41, 5.74) is 4.43. The molecule has 27 heavy (non-hydrogen) atoms. The summed E-state index contributed by atoms with van der Waals surface area (Å²) in [6.07, 6.45) is -0.685. The number of aryl methyl sites for hydroxylation is 2. The predicted octanol–water partition coefficient (Wildman–Crippen LogP) is 5.48. The molecule has 0 bridgehead atoms. The van der Waals surface area contributed by atoms with E-state index in [0.717, 1.165) is 22.3 Å². The van der Waals surface area contributed by atoms with Crippen molar-refractivity contribution in [3.63, 3.8) is 0 Å². The molecule has 3 aromatic rings. The van der Waals surface area contributed by atoms with Crippen LogP contribution in [0, 0.1) is 13.8 Å². The number of carboxylic acid groups (broad SMARTS) is 1. The maximum Gasteiger partial charge on any atom is 0.412 e. The molecular weight excluding hydrogens is 362 g/mol. The molecule has 0 saturated heterocycles. The Hall–Kier alpha value is -3.12. The highest BCUT2D eigenvalue weighted by Crippen LogP contribution is 2.37. The van der Waals surface area contributed by atoms with Gasteiger partial charge in [-0.15, -0.1) is 11.3 Å². The second kappa shape index (κ2) is 8.05. The van der Waals surface area contributed by atoms with E-state index in [1.807, 2.05) is 62.4 Å². The molecule has 0 fully saturated rings. The Balaban J connectivity index is 1.81. The number of hydrogen-bond donors (Lipinski definition) is 2. The van der Waals surface area contributed by atoms with E-state index >= 15 is 0 Å². The van der Waals surface area contributed by atoms with Gasteiger partial charge in [0.2, 0.25) is 0 Å². The van der Waals surface area contributed by atoms with Gasteiger partial charge in [0.15, 0.2) is 0 Å². The minimum Gasteiger partial charge on any atom is -0.478 e. The first-order chi connectivity index (χ1) is 13.0. The minimum absolute atomic E-state index is 0.0728. The highest BCUT2D eigenvalue weighted by Gasteiger charge is 2.22. The molecule has 0 spiro atoms. The van der Waals surface area contributed by atoms with Crippen LogP contribution < -0.4 is 5.32 Å². The fraction of sp³-hybridized carbons (Fsp3) is 0.143. The van der Waals surface area contributed by atoms with Gasteiger partial charge in [0.1, 0.15) is 17.2 Å². The lowest BCUT2D eigenvalue weighted by molar-refractivity contribution is 0.0699. The van der Waals surface area contributed by atoms with Crippen molar-refractivity contribution in [2.24, 2.45) is 0 Å². The molecule has 1 aromatic heterocycles. The van der Waals surface area contributed by atoms with E-state index in [0.29, 0.717) is 5.56 Å². The molecule has 0 radical (unpaired) electrons. The second-order valence-electron chi connectivity index (χ2n) is 6.16. The molecule has 138 valence electrons. The lowest BCUT2D eigenvalue weighted by Gasteiger charge is -2.09. The van der Waals surface area contributed by atoms with Crippen molar-refractivity contribution < 1.29 is 19.4 Å². The quantitative estimate of drug-likeness (QED) is 0.614. The van der Waals surface area contributed by atoms with Crippen molar-refractivity contribution in [3.8, 4) is 11.1 Å². The maximum absolute atomic E-state index is 12.1. The Morgan fingerprint density at radius 1 is 1.07 bits per heavy atom. The van der Waals surface area contributed by atoms with Crippen LogP contribution >= 0.6 is 11.3 Å². The van der Waals surface area contributed by atoms with Gasteiger partial charge in [-0.1, -0.05) is 54.1 Å². The smallest absolute Gasteiger partial charge is 0.412 e. The number of carboxylic acids is 1. The van der Waals surface area contributed by atoms with Crippen LogP contribution in [0.3, 0.4) is 0 Å². The molecule has 2 N–H and O–H groups in total. The third-order valence-corrected chi connectivity index (χ3v) is 5.00. The lowest BCUT2D eigenvalue weighted by atomic mass is 9.98. The summed E-state index contributed by atoms with van der Waals surface area (Å²) >= 11 is 1.17. The highest BCUT2D eigenvalue weighted by molar-refractivity contribution is 7.15. The number of rotatable bonds is 5. The zero-order valence-corrected chi connectivity index (χ0v) is 15.8. The van der Waals surface area contributed by atoms with Gasteiger partial charge in [-0.2, -0.15) is 0 Å². The molecule has 0 saturated carbocycles. The summed E-state index contributed by atoms with van der Waals surface area (Å²) in [6, 6.07) is 15.1. The zero-order valence-electron chi connectivity index (χ0n) is 15.0. The Morgan fingerprint density at radius 2 is 1.81 bits per heavy atom. The monoisotopic (exact) mass is 381 g/mol. The Morgan fingerprint density at radius 3 is 2.48 bits per heavy atom. The second-order valence-corrected chi connectivity index (χ2v) is 7.04. The minimum atomic E-state index is -1.09. The van der Waals surface area contributed by atoms with Gasteiger partial charge < -0.3 is 9.84 Å². The van der Waals surface area contributed by atoms with E-state index in [2.05, 4.69) is 5.32 Å². The van der Waals surface area contributed by atoms with Crippen LogP contribution in [0.25, 0.3) is 11.1 Å². The van der Waals surface area contributed by atoms with Crippen LogP contribution in [0.1, 0.15) is 27.0 Å². The highest BCUT2D eigenvalue weighted by atomic mass is 32.1. The predicted molar refractivity (Wildman–Crippen MR) is 106 cm³/mol. The Labute approximate surface area is 161 Å². The number of carbonyl (C=O) groups is 2. The number of nitrogens with one attached hydrogen (secondary N) is 1. The summed E-state index contributed by atoms with van der Waals surface area (Å²) in [6.45, 7) is 4.04. The van der Waals surface area contributed by atoms with E-state index in [4.69, 9.17) is 4.74 Å². The van der Waals surface area contributed by atoms with Gasteiger partial charge in [-0.05, 0) is 30.5 Å². The summed E-state index contributed by atoms with van der Waals surface area (Å²) in [5, 5.41) is 14.2. The number of hydrogen-bond acceptors (Lipinski definition) is 4. The fourth-order valence-corrected chi connectivity index (χ4v) is 3.77. The van der Waals surface area contributed by atoms with Crippen molar-refractivity contribution >= 4 is 28.4 Å². The van der Waals surface area contributed by atoms with E-state index < -0.39 is 12.1 Å². The van der Waals surface area contributed by atoms with Crippen LogP contribution in [-0.2, 0) is 11.3 Å². The molecule has 0 aliphatic heterocycles. The number of anilines is 1. The van der Waals surface area contributed by atoms with Gasteiger partial charge in [0.25, 0.3) is 0 Å². The molecule has 0 atom stereocenters. The van der Waals surface area contributed by atoms with Crippen molar-refractivity contribution in [1.29, 1.82) is 0 Å². The normalized spacial score (nSPS) is 10.4. The van der Waals surface area contributed by atoms with Gasteiger partial charge in [0, 0.05) is 10.9 Å². The topological polar surface area (TPSA) is 75.6 Å². The maximum atomic E-state index is 12.1. The van der Waals surface area contributed by atoms with Gasteiger partial charge in [-0.3, -0.25) is 5.32 Å². The van der Waals surface area contributed by atoms with Crippen LogP contribution in [0.4, 0.5) is 9.80 Å². The van der Waals surface area contributed by atoms with Crippen molar-refractivity contribution in [2.45, 2.75) is 20.5 Å². The lowest BCUT2D eigenvalue weighted by Crippen LogP contribution is -2.15. The van der Waals surface area contributed by atoms with Crippen molar-refractivity contribution in [3.05, 3.63) is 76.2 Å². The van der Waals surface area contributed by atoms with E-state index in [1.165, 1.54) is 11.3 Å². The number of carbonyl (C=O) groups excluding carboxylic acids is 1. The van der Waals surface area contributed by atoms with E-state index in [9.17, 15) is 14.7 Å². The summed E-state index contributed by atoms with van der Waals surface area (Å²) in [4.78, 5) is 23.9. The molecule has 2 aromatic carbocycles. The number of thiophene rings is 1. The molecule has 0 aliphatic rings. The average Bonchev–Trinajstić information content (AvgIpc) is 3.04. The summed E-state index contributed by atoms with van der Waals surface area (Å²) < 4.78 is 5.18. The van der Waals surface area contributed by atoms with Gasteiger partial charge in [0.05, 0.1) is 0 Å². The first-order valence-electron chi connectivity index (χ1n) is 8.36. The standard InChI is InChI=1S/C21H19NO4S/c1-13-8-9-16(14(2)10-13)17-12-27-19(18(17)20(23)24)22-21(25)26-11-15-6-4-3-5-7-15/h3-10,12H,11H2,1-2H3,(H,22,25)(H,23,24). The largest absolute Gasteiger partial charge is 0.478 e. The summed E-state index contributed by atoms with van der Waals surface area (Å²) in [5.74, 6) is -1.09. The third kappa shape index (κ3) is 4.35. The van der Waals surface area contributed by atoms with Crippen molar-refractivity contribution in [1.82, 2.24) is 0 Å². The number of benzene rings is 2. The molecule has 3 rings (SSSR count). The van der Waals surface area contributed by atoms with E-state index in [1.54, 1.807) is 5.38 Å². The van der Waals surface area contributed by atoms with Crippen LogP contribution in [-0.4, -0.2) is 17.2 Å². The molecule has 0 unspecified atom stereocenters. The number of ether oxygens (including phenoxy) is 1. The number of amides is 1. The van der Waals surface area contributed by atoms with Crippen molar-refractivity contribution in [2.75, 3.05) is 5.32 Å². The summed E-state index contributed by atoms with van der Waals surface area (Å²) in [7, 11) is 0. The van der Waals surface area contributed by atoms with Crippen LogP contribution in [0.5, 0.6) is 0 Å². The Bertz CT molecular complexity index is 979. The molecule has 0 aliphatic carbocycles. The van der Waals surface area contributed by atoms with E-state index in [-0.39, 0.29) is 17.2 Å². The molecule has 6 heteroatoms. The molecule has 1 heterocycles. The van der Waals surface area contributed by atoms with Crippen LogP contribution in [0.2, 0.25) is 0 Å². The van der Waals surface area contributed by atoms with Gasteiger partial charge in [-0.25, -0.2) is 9.59 Å². The first kappa shape index (κ1) is 18.7. The zero-order chi connectivity index (χ0) is 19.4. The Kier molecular flexibility index (Phi) is 5.57. The average molecular weight is 381 g/mol.